The zero-order chi connectivity index (χ0) is 17.4. The van der Waals surface area contributed by atoms with Gasteiger partial charge in [-0.25, -0.2) is 12.7 Å². The van der Waals surface area contributed by atoms with Crippen molar-refractivity contribution in [3.8, 4) is 0 Å². The number of amides is 1. The predicted molar refractivity (Wildman–Crippen MR) is 93.0 cm³/mol. The number of nitrogens with one attached hydrogen (secondary N) is 1. The molecule has 0 aromatic heterocycles. The van der Waals surface area contributed by atoms with Crippen molar-refractivity contribution in [2.24, 2.45) is 11.3 Å². The Morgan fingerprint density at radius 3 is 2.75 bits per heavy atom. The van der Waals surface area contributed by atoms with Crippen LogP contribution < -0.4 is 5.32 Å². The summed E-state index contributed by atoms with van der Waals surface area (Å²) in [6.45, 7) is 2.61. The predicted octanol–water partition coefficient (Wildman–Crippen LogP) is 0.169. The Bertz CT molecular complexity index is 707. The maximum Gasteiger partial charge on any atom is 0.231 e. The number of fused-ring (bicyclic) bond motifs is 1. The molecule has 0 saturated carbocycles. The van der Waals surface area contributed by atoms with Crippen LogP contribution in [0.3, 0.4) is 0 Å². The summed E-state index contributed by atoms with van der Waals surface area (Å²) in [6, 6.07) is 10.1. The van der Waals surface area contributed by atoms with Gasteiger partial charge in [0.1, 0.15) is 0 Å². The van der Waals surface area contributed by atoms with Gasteiger partial charge >= 0.3 is 0 Å². The summed E-state index contributed by atoms with van der Waals surface area (Å²) in [6.07, 6.45) is 2.02. The van der Waals surface area contributed by atoms with Crippen molar-refractivity contribution < 1.29 is 13.2 Å². The summed E-state index contributed by atoms with van der Waals surface area (Å²) in [7, 11) is -1.44. The van der Waals surface area contributed by atoms with Crippen molar-refractivity contribution >= 4 is 15.9 Å². The molecule has 3 rings (SSSR count). The van der Waals surface area contributed by atoms with E-state index < -0.39 is 15.4 Å². The van der Waals surface area contributed by atoms with Crippen LogP contribution in [0.5, 0.6) is 0 Å². The zero-order valence-corrected chi connectivity index (χ0v) is 15.1. The molecule has 2 aliphatic rings. The van der Waals surface area contributed by atoms with E-state index >= 15 is 0 Å². The Hall–Kier alpha value is -1.44. The van der Waals surface area contributed by atoms with Crippen molar-refractivity contribution in [3.63, 3.8) is 0 Å². The number of likely N-dealkylation sites (N-methyl/N-ethyl adjacent to an activating group) is 1. The Kier molecular flexibility index (Phi) is 4.68. The number of carbonyl (C=O) groups excluding carboxylic acids is 1. The van der Waals surface area contributed by atoms with Crippen LogP contribution in [0.25, 0.3) is 0 Å². The molecular weight excluding hydrogens is 326 g/mol. The molecule has 1 N–H and O–H groups in total. The second kappa shape index (κ2) is 6.46. The lowest BCUT2D eigenvalue weighted by Gasteiger charge is -2.31. The number of rotatable bonds is 5. The lowest BCUT2D eigenvalue weighted by atomic mass is 9.79. The molecule has 0 unspecified atom stereocenters. The maximum absolute atomic E-state index is 13.1. The third-order valence-electron chi connectivity index (χ3n) is 5.32. The molecule has 132 valence electrons. The second-order valence-electron chi connectivity index (χ2n) is 7.00. The fourth-order valence-electron chi connectivity index (χ4n) is 3.85. The van der Waals surface area contributed by atoms with E-state index in [1.54, 1.807) is 4.90 Å². The molecule has 6 nitrogen and oxygen atoms in total. The fourth-order valence-corrected chi connectivity index (χ4v) is 4.77. The van der Waals surface area contributed by atoms with Gasteiger partial charge in [0.25, 0.3) is 0 Å². The highest BCUT2D eigenvalue weighted by Gasteiger charge is 2.57. The van der Waals surface area contributed by atoms with E-state index in [0.29, 0.717) is 26.2 Å². The van der Waals surface area contributed by atoms with Gasteiger partial charge in [-0.1, -0.05) is 30.3 Å². The molecule has 1 amide bonds. The van der Waals surface area contributed by atoms with Crippen LogP contribution in [0, 0.1) is 11.3 Å². The van der Waals surface area contributed by atoms with Crippen molar-refractivity contribution in [3.05, 3.63) is 35.9 Å². The molecule has 2 aliphatic heterocycles. The molecule has 24 heavy (non-hydrogen) atoms. The van der Waals surface area contributed by atoms with Gasteiger partial charge in [-0.15, -0.1) is 0 Å². The Balaban J connectivity index is 1.70. The van der Waals surface area contributed by atoms with E-state index in [1.807, 2.05) is 25.2 Å². The van der Waals surface area contributed by atoms with E-state index in [9.17, 15) is 13.2 Å². The molecule has 2 saturated heterocycles. The minimum atomic E-state index is -3.26. The molecule has 0 spiro atoms. The molecule has 0 bridgehead atoms. The van der Waals surface area contributed by atoms with Gasteiger partial charge in [0, 0.05) is 45.7 Å². The summed E-state index contributed by atoms with van der Waals surface area (Å²) >= 11 is 0. The summed E-state index contributed by atoms with van der Waals surface area (Å²) < 4.78 is 25.2. The van der Waals surface area contributed by atoms with Crippen LogP contribution in [-0.2, 0) is 21.2 Å². The first kappa shape index (κ1) is 17.4. The molecule has 1 aromatic rings. The van der Waals surface area contributed by atoms with Gasteiger partial charge < -0.3 is 10.2 Å². The van der Waals surface area contributed by atoms with Gasteiger partial charge in [-0.05, 0) is 12.0 Å². The van der Waals surface area contributed by atoms with Gasteiger partial charge in [0.2, 0.25) is 15.9 Å². The summed E-state index contributed by atoms with van der Waals surface area (Å²) in [5, 5.41) is 3.28. The highest BCUT2D eigenvalue weighted by molar-refractivity contribution is 7.88. The lowest BCUT2D eigenvalue weighted by molar-refractivity contribution is -0.140. The zero-order valence-electron chi connectivity index (χ0n) is 14.2. The third kappa shape index (κ3) is 3.20. The van der Waals surface area contributed by atoms with Crippen molar-refractivity contribution in [2.45, 2.75) is 6.42 Å². The van der Waals surface area contributed by atoms with Crippen LogP contribution in [0.1, 0.15) is 5.56 Å². The van der Waals surface area contributed by atoms with Crippen molar-refractivity contribution in [1.29, 1.82) is 0 Å². The average Bonchev–Trinajstić information content (AvgIpc) is 3.10. The van der Waals surface area contributed by atoms with Gasteiger partial charge in [-0.2, -0.15) is 0 Å². The van der Waals surface area contributed by atoms with Crippen LogP contribution in [0.4, 0.5) is 0 Å². The topological polar surface area (TPSA) is 69.7 Å². The molecule has 2 heterocycles. The highest BCUT2D eigenvalue weighted by atomic mass is 32.2. The number of nitrogens with zero attached hydrogens (tertiary/aromatic N) is 2. The molecule has 0 aliphatic carbocycles. The summed E-state index contributed by atoms with van der Waals surface area (Å²) in [5.41, 5.74) is 0.578. The van der Waals surface area contributed by atoms with E-state index in [1.165, 1.54) is 16.1 Å². The van der Waals surface area contributed by atoms with Crippen molar-refractivity contribution in [2.75, 3.05) is 46.0 Å². The smallest absolute Gasteiger partial charge is 0.231 e. The largest absolute Gasteiger partial charge is 0.345 e. The van der Waals surface area contributed by atoms with Crippen LogP contribution in [0.2, 0.25) is 0 Å². The molecule has 7 heteroatoms. The molecule has 2 fully saturated rings. The van der Waals surface area contributed by atoms with Crippen LogP contribution >= 0.6 is 0 Å². The van der Waals surface area contributed by atoms with Gasteiger partial charge in [0.15, 0.2) is 0 Å². The number of hydrogen-bond acceptors (Lipinski definition) is 4. The number of sulfonamides is 1. The first-order chi connectivity index (χ1) is 11.3. The van der Waals surface area contributed by atoms with E-state index in [0.717, 1.165) is 6.42 Å². The maximum atomic E-state index is 13.1. The molecule has 1 aromatic carbocycles. The van der Waals surface area contributed by atoms with Crippen LogP contribution in [0.15, 0.2) is 30.3 Å². The molecule has 2 atom stereocenters. The number of carbonyl (C=O) groups is 1. The number of benzene rings is 1. The van der Waals surface area contributed by atoms with E-state index in [2.05, 4.69) is 17.4 Å². The monoisotopic (exact) mass is 351 g/mol. The van der Waals surface area contributed by atoms with Crippen molar-refractivity contribution in [1.82, 2.24) is 14.5 Å². The van der Waals surface area contributed by atoms with Gasteiger partial charge in [-0.3, -0.25) is 4.79 Å². The highest BCUT2D eigenvalue weighted by Crippen LogP contribution is 2.41. The lowest BCUT2D eigenvalue weighted by Crippen LogP contribution is -2.48. The summed E-state index contributed by atoms with van der Waals surface area (Å²) in [4.78, 5) is 14.9. The summed E-state index contributed by atoms with van der Waals surface area (Å²) in [5.74, 6) is 0.110. The standard InChI is InChI=1S/C17H25N3O3S/c1-19(9-8-14-6-4-3-5-7-14)16(21)17-12-18-10-15(17)11-20(13-17)24(2,22)23/h3-7,15,18H,8-13H2,1-2H3/t15-,17-/m1/s1. The van der Waals surface area contributed by atoms with E-state index in [-0.39, 0.29) is 18.4 Å². The minimum Gasteiger partial charge on any atom is -0.345 e. The Labute approximate surface area is 143 Å². The first-order valence-corrected chi connectivity index (χ1v) is 10.1. The SMILES string of the molecule is CN(CCc1ccccc1)C(=O)[C@@]12CNC[C@@H]1CN(S(C)(=O)=O)C2. The quantitative estimate of drug-likeness (QED) is 0.821. The van der Waals surface area contributed by atoms with Crippen LogP contribution in [-0.4, -0.2) is 69.6 Å². The normalized spacial score (nSPS) is 27.2. The minimum absolute atomic E-state index is 0.0545. The average molecular weight is 351 g/mol. The fraction of sp³-hybridized carbons (Fsp3) is 0.588. The van der Waals surface area contributed by atoms with Gasteiger partial charge in [0.05, 0.1) is 11.7 Å². The Morgan fingerprint density at radius 1 is 1.38 bits per heavy atom. The Morgan fingerprint density at radius 2 is 2.08 bits per heavy atom. The second-order valence-corrected chi connectivity index (χ2v) is 8.98. The molecule has 0 radical (unpaired) electrons. The van der Waals surface area contributed by atoms with E-state index in [4.69, 9.17) is 0 Å². The first-order valence-electron chi connectivity index (χ1n) is 8.28. The third-order valence-corrected chi connectivity index (χ3v) is 6.53. The molecular formula is C17H25N3O3S. The number of hydrogen-bond donors (Lipinski definition) is 1.